The molecule has 1 atom stereocenters. The van der Waals surface area contributed by atoms with Gasteiger partial charge in [0.1, 0.15) is 12.4 Å². The Morgan fingerprint density at radius 2 is 2.00 bits per heavy atom. The molecule has 168 valence electrons. The van der Waals surface area contributed by atoms with Crippen molar-refractivity contribution in [1.82, 2.24) is 23.7 Å². The molecule has 1 aliphatic heterocycles. The van der Waals surface area contributed by atoms with Crippen LogP contribution in [0.4, 0.5) is 11.5 Å². The summed E-state index contributed by atoms with van der Waals surface area (Å²) in [5.74, 6) is -0.375. The summed E-state index contributed by atoms with van der Waals surface area (Å²) in [7, 11) is 3.14. The number of hydrogen-bond acceptors (Lipinski definition) is 7. The Morgan fingerprint density at radius 1 is 1.22 bits per heavy atom. The molecule has 12 nitrogen and oxygen atoms in total. The predicted octanol–water partition coefficient (Wildman–Crippen LogP) is -0.831. The fraction of sp³-hybridized carbons (Fsp3) is 0.400. The zero-order valence-electron chi connectivity index (χ0n) is 17.8. The van der Waals surface area contributed by atoms with Crippen molar-refractivity contribution in [3.8, 4) is 0 Å². The quantitative estimate of drug-likeness (QED) is 0.526. The summed E-state index contributed by atoms with van der Waals surface area (Å²) in [6, 6.07) is 3.42. The van der Waals surface area contributed by atoms with Crippen molar-refractivity contribution in [3.05, 3.63) is 45.5 Å². The molecule has 0 spiro atoms. The van der Waals surface area contributed by atoms with E-state index in [0.717, 1.165) is 24.0 Å². The van der Waals surface area contributed by atoms with Crippen molar-refractivity contribution in [3.63, 3.8) is 0 Å². The Bertz CT molecular complexity index is 1300. The van der Waals surface area contributed by atoms with Gasteiger partial charge >= 0.3 is 5.69 Å². The van der Waals surface area contributed by atoms with Crippen LogP contribution in [0.1, 0.15) is 12.8 Å². The highest BCUT2D eigenvalue weighted by Gasteiger charge is 2.24. The predicted molar refractivity (Wildman–Crippen MR) is 117 cm³/mol. The van der Waals surface area contributed by atoms with Gasteiger partial charge in [-0.15, -0.1) is 0 Å². The van der Waals surface area contributed by atoms with Gasteiger partial charge in [0.05, 0.1) is 24.1 Å². The van der Waals surface area contributed by atoms with Gasteiger partial charge in [-0.2, -0.15) is 0 Å². The number of aryl methyl sites for hydroxylation is 2. The topological polar surface area (TPSA) is 150 Å². The fourth-order valence-corrected chi connectivity index (χ4v) is 3.94. The van der Waals surface area contributed by atoms with E-state index in [1.807, 2.05) is 4.90 Å². The third-order valence-electron chi connectivity index (χ3n) is 5.68. The number of primary amides is 1. The minimum Gasteiger partial charge on any atom is -0.369 e. The van der Waals surface area contributed by atoms with E-state index in [1.165, 1.54) is 28.7 Å². The van der Waals surface area contributed by atoms with Crippen LogP contribution >= 0.6 is 0 Å². The number of rotatable bonds is 5. The standard InChI is InChI=1S/C20H24N8O4/c1-25-11-23-18-16(25)19(31)28(20(32)26(18)2)10-15(29)24-13-5-6-14(22-8-13)27-7-3-4-12(9-27)17(21)30/h5-6,8,11-12H,3-4,7,9-10H2,1-2H3,(H2,21,30)(H,24,29). The van der Waals surface area contributed by atoms with Crippen LogP contribution < -0.4 is 27.2 Å². The van der Waals surface area contributed by atoms with Gasteiger partial charge < -0.3 is 20.5 Å². The fourth-order valence-electron chi connectivity index (χ4n) is 3.94. The third kappa shape index (κ3) is 3.86. The first-order valence-electron chi connectivity index (χ1n) is 10.2. The van der Waals surface area contributed by atoms with Crippen LogP contribution in [0.25, 0.3) is 11.2 Å². The number of anilines is 2. The largest absolute Gasteiger partial charge is 0.369 e. The number of nitrogens with zero attached hydrogens (tertiary/aromatic N) is 6. The maximum absolute atomic E-state index is 12.7. The second-order valence-corrected chi connectivity index (χ2v) is 7.90. The summed E-state index contributed by atoms with van der Waals surface area (Å²) in [5.41, 5.74) is 5.14. The molecule has 4 heterocycles. The summed E-state index contributed by atoms with van der Waals surface area (Å²) in [4.78, 5) is 59.7. The number of nitrogens with one attached hydrogen (secondary N) is 1. The monoisotopic (exact) mass is 440 g/mol. The van der Waals surface area contributed by atoms with Crippen molar-refractivity contribution < 1.29 is 9.59 Å². The molecule has 0 aromatic carbocycles. The highest BCUT2D eigenvalue weighted by molar-refractivity contribution is 5.90. The smallest absolute Gasteiger partial charge is 0.332 e. The average Bonchev–Trinajstić information content (AvgIpc) is 3.17. The van der Waals surface area contributed by atoms with Gasteiger partial charge in [0.2, 0.25) is 11.8 Å². The highest BCUT2D eigenvalue weighted by Crippen LogP contribution is 2.22. The molecule has 4 rings (SSSR count). The van der Waals surface area contributed by atoms with E-state index in [0.29, 0.717) is 18.1 Å². The number of pyridine rings is 1. The first kappa shape index (κ1) is 21.3. The molecular formula is C20H24N8O4. The van der Waals surface area contributed by atoms with Crippen LogP contribution in [-0.2, 0) is 30.2 Å². The zero-order valence-corrected chi connectivity index (χ0v) is 17.8. The van der Waals surface area contributed by atoms with Crippen LogP contribution in [-0.4, -0.2) is 48.6 Å². The number of aromatic nitrogens is 5. The Labute approximate surface area is 182 Å². The average molecular weight is 440 g/mol. The molecule has 0 bridgehead atoms. The summed E-state index contributed by atoms with van der Waals surface area (Å²) in [5, 5.41) is 2.65. The summed E-state index contributed by atoms with van der Waals surface area (Å²) < 4.78 is 3.62. The van der Waals surface area contributed by atoms with E-state index in [-0.39, 0.29) is 23.0 Å². The van der Waals surface area contributed by atoms with Gasteiger partial charge in [-0.1, -0.05) is 0 Å². The molecule has 3 aromatic heterocycles. The van der Waals surface area contributed by atoms with Crippen molar-refractivity contribution in [2.75, 3.05) is 23.3 Å². The number of carbonyl (C=O) groups is 2. The molecule has 32 heavy (non-hydrogen) atoms. The lowest BCUT2D eigenvalue weighted by Gasteiger charge is -2.32. The lowest BCUT2D eigenvalue weighted by atomic mass is 9.97. The molecule has 3 aromatic rings. The van der Waals surface area contributed by atoms with Gasteiger partial charge in [0.25, 0.3) is 5.56 Å². The molecule has 0 saturated carbocycles. The molecule has 0 radical (unpaired) electrons. The second kappa shape index (κ2) is 8.29. The van der Waals surface area contributed by atoms with E-state index in [2.05, 4.69) is 15.3 Å². The van der Waals surface area contributed by atoms with E-state index in [9.17, 15) is 19.2 Å². The number of carbonyl (C=O) groups excluding carboxylic acids is 2. The minimum absolute atomic E-state index is 0.206. The zero-order chi connectivity index (χ0) is 23.0. The van der Waals surface area contributed by atoms with Gasteiger partial charge in [-0.05, 0) is 25.0 Å². The number of hydrogen-bond donors (Lipinski definition) is 2. The third-order valence-corrected chi connectivity index (χ3v) is 5.68. The Hall–Kier alpha value is -3.96. The SMILES string of the molecule is Cn1cnc2c1c(=O)n(CC(=O)Nc1ccc(N3CCCC(C(N)=O)C3)nc1)c(=O)n2C. The Balaban J connectivity index is 1.48. The number of fused-ring (bicyclic) bond motifs is 1. The highest BCUT2D eigenvalue weighted by atomic mass is 16.2. The van der Waals surface area contributed by atoms with Crippen LogP contribution in [0, 0.1) is 5.92 Å². The molecule has 1 fully saturated rings. The van der Waals surface area contributed by atoms with Gasteiger partial charge in [-0.3, -0.25) is 19.0 Å². The van der Waals surface area contributed by atoms with Crippen molar-refractivity contribution in [1.29, 1.82) is 0 Å². The van der Waals surface area contributed by atoms with Crippen molar-refractivity contribution in [2.24, 2.45) is 25.7 Å². The summed E-state index contributed by atoms with van der Waals surface area (Å²) in [6.45, 7) is 0.836. The Kier molecular flexibility index (Phi) is 5.51. The van der Waals surface area contributed by atoms with E-state index in [4.69, 9.17) is 5.73 Å². The Morgan fingerprint density at radius 3 is 2.69 bits per heavy atom. The lowest BCUT2D eigenvalue weighted by Crippen LogP contribution is -2.42. The second-order valence-electron chi connectivity index (χ2n) is 7.90. The lowest BCUT2D eigenvalue weighted by molar-refractivity contribution is -0.122. The molecule has 1 unspecified atom stereocenters. The van der Waals surface area contributed by atoms with Crippen LogP contribution in [0.2, 0.25) is 0 Å². The van der Waals surface area contributed by atoms with Crippen LogP contribution in [0.5, 0.6) is 0 Å². The van der Waals surface area contributed by atoms with Gasteiger partial charge in [-0.25, -0.2) is 19.3 Å². The molecule has 12 heteroatoms. The minimum atomic E-state index is -0.626. The first-order valence-corrected chi connectivity index (χ1v) is 10.2. The van der Waals surface area contributed by atoms with Gasteiger partial charge in [0, 0.05) is 27.2 Å². The first-order chi connectivity index (χ1) is 15.3. The van der Waals surface area contributed by atoms with Gasteiger partial charge in [0.15, 0.2) is 11.2 Å². The molecule has 1 saturated heterocycles. The maximum atomic E-state index is 12.7. The van der Waals surface area contributed by atoms with E-state index < -0.39 is 23.7 Å². The molecular weight excluding hydrogens is 416 g/mol. The molecule has 1 aliphatic rings. The summed E-state index contributed by atoms with van der Waals surface area (Å²) in [6.07, 6.45) is 4.55. The van der Waals surface area contributed by atoms with Crippen molar-refractivity contribution in [2.45, 2.75) is 19.4 Å². The number of nitrogens with two attached hydrogens (primary N) is 1. The van der Waals surface area contributed by atoms with Crippen LogP contribution in [0.3, 0.4) is 0 Å². The molecule has 0 aliphatic carbocycles. The number of imidazole rings is 1. The van der Waals surface area contributed by atoms with E-state index >= 15 is 0 Å². The van der Waals surface area contributed by atoms with E-state index in [1.54, 1.807) is 19.2 Å². The van der Waals surface area contributed by atoms with Crippen molar-refractivity contribution >= 4 is 34.5 Å². The number of piperidine rings is 1. The maximum Gasteiger partial charge on any atom is 0.332 e. The number of amides is 2. The normalized spacial score (nSPS) is 16.3. The molecule has 3 N–H and O–H groups in total. The summed E-state index contributed by atoms with van der Waals surface area (Å²) >= 11 is 0. The van der Waals surface area contributed by atoms with Crippen LogP contribution in [0.15, 0.2) is 34.2 Å². The molecule has 2 amide bonds.